The number of nitrogen functional groups attached to an aromatic ring is 1. The molecule has 1 aliphatic heterocycles. The number of rotatable bonds is 5. The third-order valence-corrected chi connectivity index (χ3v) is 3.49. The smallest absolute Gasteiger partial charge is 0.338 e. The van der Waals surface area contributed by atoms with Crippen molar-refractivity contribution in [2.45, 2.75) is 19.8 Å². The molecule has 3 N–H and O–H groups in total. The number of nitrogens with two attached hydrogens (primary N) is 1. The van der Waals surface area contributed by atoms with Crippen LogP contribution >= 0.6 is 0 Å². The predicted octanol–water partition coefficient (Wildman–Crippen LogP) is 2.28. The molecule has 1 fully saturated rings. The quantitative estimate of drug-likeness (QED) is 0.638. The van der Waals surface area contributed by atoms with Gasteiger partial charge in [-0.3, -0.25) is 0 Å². The Balaban J connectivity index is 1.98. The molecule has 1 aromatic carbocycles. The first-order valence-corrected chi connectivity index (χ1v) is 7.09. The van der Waals surface area contributed by atoms with Crippen molar-refractivity contribution >= 4 is 17.3 Å². The van der Waals surface area contributed by atoms with Crippen molar-refractivity contribution in [2.75, 3.05) is 37.4 Å². The van der Waals surface area contributed by atoms with Crippen LogP contribution in [0.3, 0.4) is 0 Å². The molecule has 1 saturated heterocycles. The molecular formula is C15H22N2O3. The van der Waals surface area contributed by atoms with Crippen LogP contribution in [0.1, 0.15) is 30.1 Å². The van der Waals surface area contributed by atoms with Crippen LogP contribution in [0.15, 0.2) is 18.2 Å². The van der Waals surface area contributed by atoms with E-state index in [0.717, 1.165) is 38.3 Å². The Labute approximate surface area is 119 Å². The van der Waals surface area contributed by atoms with E-state index in [1.54, 1.807) is 25.1 Å². The first kappa shape index (κ1) is 14.7. The van der Waals surface area contributed by atoms with Crippen LogP contribution in [0.5, 0.6) is 0 Å². The molecule has 0 aromatic heterocycles. The topological polar surface area (TPSA) is 73.6 Å². The van der Waals surface area contributed by atoms with E-state index in [9.17, 15) is 4.79 Å². The van der Waals surface area contributed by atoms with Crippen molar-refractivity contribution in [3.8, 4) is 0 Å². The SMILES string of the molecule is CCOC(=O)c1ccc(N)c(NCC2CCOCC2)c1. The number of ether oxygens (including phenoxy) is 2. The second-order valence-corrected chi connectivity index (χ2v) is 4.96. The maximum Gasteiger partial charge on any atom is 0.338 e. The molecule has 0 unspecified atom stereocenters. The fourth-order valence-electron chi connectivity index (χ4n) is 2.26. The third-order valence-electron chi connectivity index (χ3n) is 3.49. The maximum atomic E-state index is 11.7. The average molecular weight is 278 g/mol. The monoisotopic (exact) mass is 278 g/mol. The van der Waals surface area contributed by atoms with E-state index in [2.05, 4.69) is 5.32 Å². The predicted molar refractivity (Wildman–Crippen MR) is 78.8 cm³/mol. The minimum atomic E-state index is -0.318. The maximum absolute atomic E-state index is 11.7. The molecule has 1 aliphatic rings. The number of carbonyl (C=O) groups is 1. The van der Waals surface area contributed by atoms with Crippen LogP contribution in [0.4, 0.5) is 11.4 Å². The Morgan fingerprint density at radius 1 is 1.45 bits per heavy atom. The number of esters is 1. The summed E-state index contributed by atoms with van der Waals surface area (Å²) in [5, 5.41) is 3.33. The van der Waals surface area contributed by atoms with Crippen LogP contribution in [-0.4, -0.2) is 32.3 Å². The first-order chi connectivity index (χ1) is 9.70. The minimum Gasteiger partial charge on any atom is -0.462 e. The Morgan fingerprint density at radius 2 is 2.20 bits per heavy atom. The first-order valence-electron chi connectivity index (χ1n) is 7.09. The lowest BCUT2D eigenvalue weighted by Crippen LogP contribution is -2.23. The Bertz CT molecular complexity index is 456. The molecule has 0 aliphatic carbocycles. The average Bonchev–Trinajstić information content (AvgIpc) is 2.47. The number of nitrogens with one attached hydrogen (secondary N) is 1. The Hall–Kier alpha value is -1.75. The normalized spacial score (nSPS) is 15.8. The summed E-state index contributed by atoms with van der Waals surface area (Å²) in [7, 11) is 0. The van der Waals surface area contributed by atoms with Gasteiger partial charge in [-0.25, -0.2) is 4.79 Å². The molecule has 1 aromatic rings. The van der Waals surface area contributed by atoms with Crippen molar-refractivity contribution in [2.24, 2.45) is 5.92 Å². The zero-order valence-electron chi connectivity index (χ0n) is 11.9. The fourth-order valence-corrected chi connectivity index (χ4v) is 2.26. The van der Waals surface area contributed by atoms with E-state index >= 15 is 0 Å². The summed E-state index contributed by atoms with van der Waals surface area (Å²) < 4.78 is 10.3. The second-order valence-electron chi connectivity index (χ2n) is 4.96. The largest absolute Gasteiger partial charge is 0.462 e. The molecule has 0 radical (unpaired) electrons. The molecule has 0 saturated carbocycles. The van der Waals surface area contributed by atoms with Crippen molar-refractivity contribution in [1.29, 1.82) is 0 Å². The van der Waals surface area contributed by atoms with Gasteiger partial charge >= 0.3 is 5.97 Å². The molecule has 20 heavy (non-hydrogen) atoms. The Kier molecular flexibility index (Phi) is 5.24. The van der Waals surface area contributed by atoms with Gasteiger partial charge in [0.15, 0.2) is 0 Å². The van der Waals surface area contributed by atoms with Gasteiger partial charge in [0, 0.05) is 19.8 Å². The third kappa shape index (κ3) is 3.87. The lowest BCUT2D eigenvalue weighted by molar-refractivity contribution is 0.0526. The highest BCUT2D eigenvalue weighted by Gasteiger charge is 2.14. The number of hydrogen-bond donors (Lipinski definition) is 2. The van der Waals surface area contributed by atoms with Gasteiger partial charge in [-0.2, -0.15) is 0 Å². The zero-order valence-corrected chi connectivity index (χ0v) is 11.9. The Morgan fingerprint density at radius 3 is 2.90 bits per heavy atom. The summed E-state index contributed by atoms with van der Waals surface area (Å²) in [6.07, 6.45) is 2.12. The van der Waals surface area contributed by atoms with Crippen LogP contribution in [0, 0.1) is 5.92 Å². The standard InChI is InChI=1S/C15H22N2O3/c1-2-20-15(18)12-3-4-13(16)14(9-12)17-10-11-5-7-19-8-6-11/h3-4,9,11,17H,2,5-8,10,16H2,1H3. The van der Waals surface area contributed by atoms with E-state index < -0.39 is 0 Å². The van der Waals surface area contributed by atoms with E-state index in [-0.39, 0.29) is 5.97 Å². The van der Waals surface area contributed by atoms with Crippen LogP contribution < -0.4 is 11.1 Å². The van der Waals surface area contributed by atoms with Gasteiger partial charge in [-0.05, 0) is 43.9 Å². The van der Waals surface area contributed by atoms with Gasteiger partial charge in [0.2, 0.25) is 0 Å². The number of carbonyl (C=O) groups excluding carboxylic acids is 1. The molecular weight excluding hydrogens is 256 g/mol. The van der Waals surface area contributed by atoms with Gasteiger partial charge in [0.25, 0.3) is 0 Å². The molecule has 0 spiro atoms. The summed E-state index contributed by atoms with van der Waals surface area (Å²) in [6, 6.07) is 5.18. The van der Waals surface area contributed by atoms with Crippen molar-refractivity contribution in [3.05, 3.63) is 23.8 Å². The van der Waals surface area contributed by atoms with Gasteiger partial charge in [0.1, 0.15) is 0 Å². The molecule has 2 rings (SSSR count). The van der Waals surface area contributed by atoms with Crippen molar-refractivity contribution in [1.82, 2.24) is 0 Å². The molecule has 0 atom stereocenters. The molecule has 110 valence electrons. The van der Waals surface area contributed by atoms with Crippen LogP contribution in [0.25, 0.3) is 0 Å². The molecule has 0 bridgehead atoms. The van der Waals surface area contributed by atoms with Crippen LogP contribution in [0.2, 0.25) is 0 Å². The molecule has 0 amide bonds. The van der Waals surface area contributed by atoms with Crippen molar-refractivity contribution in [3.63, 3.8) is 0 Å². The number of benzene rings is 1. The molecule has 5 heteroatoms. The van der Waals surface area contributed by atoms with E-state index in [1.165, 1.54) is 0 Å². The lowest BCUT2D eigenvalue weighted by atomic mass is 10.0. The van der Waals surface area contributed by atoms with Crippen molar-refractivity contribution < 1.29 is 14.3 Å². The summed E-state index contributed by atoms with van der Waals surface area (Å²) >= 11 is 0. The summed E-state index contributed by atoms with van der Waals surface area (Å²) in [6.45, 7) is 4.66. The van der Waals surface area contributed by atoms with Gasteiger partial charge in [0.05, 0.1) is 23.5 Å². The van der Waals surface area contributed by atoms with Gasteiger partial charge in [-0.1, -0.05) is 0 Å². The molecule has 1 heterocycles. The van der Waals surface area contributed by atoms with Crippen LogP contribution in [-0.2, 0) is 9.47 Å². The van der Waals surface area contributed by atoms with Gasteiger partial charge in [-0.15, -0.1) is 0 Å². The number of anilines is 2. The highest BCUT2D eigenvalue weighted by atomic mass is 16.5. The summed E-state index contributed by atoms with van der Waals surface area (Å²) in [5.74, 6) is 0.274. The zero-order chi connectivity index (χ0) is 14.4. The minimum absolute atomic E-state index is 0.318. The fraction of sp³-hybridized carbons (Fsp3) is 0.533. The van der Waals surface area contributed by atoms with E-state index in [1.807, 2.05) is 0 Å². The summed E-state index contributed by atoms with van der Waals surface area (Å²) in [5.41, 5.74) is 7.90. The van der Waals surface area contributed by atoms with Gasteiger partial charge < -0.3 is 20.5 Å². The number of hydrogen-bond acceptors (Lipinski definition) is 5. The lowest BCUT2D eigenvalue weighted by Gasteiger charge is -2.23. The second kappa shape index (κ2) is 7.14. The van der Waals surface area contributed by atoms with E-state index in [0.29, 0.717) is 23.8 Å². The highest BCUT2D eigenvalue weighted by Crippen LogP contribution is 2.22. The molecule has 5 nitrogen and oxygen atoms in total. The van der Waals surface area contributed by atoms with E-state index in [4.69, 9.17) is 15.2 Å². The summed E-state index contributed by atoms with van der Waals surface area (Å²) in [4.78, 5) is 11.7. The highest BCUT2D eigenvalue weighted by molar-refractivity contribution is 5.92.